The zero-order valence-electron chi connectivity index (χ0n) is 15.8. The predicted octanol–water partition coefficient (Wildman–Crippen LogP) is 4.39. The van der Waals surface area contributed by atoms with Crippen LogP contribution in [0.5, 0.6) is 0 Å². The van der Waals surface area contributed by atoms with E-state index in [4.69, 9.17) is 0 Å². The van der Waals surface area contributed by atoms with Crippen LogP contribution in [0.25, 0.3) is 11.3 Å². The topological polar surface area (TPSA) is 64.2 Å². The molecule has 0 spiro atoms. The minimum atomic E-state index is -0.279. The van der Waals surface area contributed by atoms with Gasteiger partial charge in [-0.15, -0.1) is 10.2 Å². The molecule has 0 aliphatic rings. The number of pyridine rings is 1. The van der Waals surface area contributed by atoms with E-state index < -0.39 is 0 Å². The van der Waals surface area contributed by atoms with Gasteiger partial charge in [-0.3, -0.25) is 9.20 Å². The molecule has 0 aliphatic heterocycles. The Kier molecular flexibility index (Phi) is 4.77. The molecule has 0 bridgehead atoms. The van der Waals surface area contributed by atoms with Crippen molar-refractivity contribution in [2.75, 3.05) is 0 Å². The van der Waals surface area contributed by atoms with Crippen LogP contribution in [0.2, 0.25) is 0 Å². The summed E-state index contributed by atoms with van der Waals surface area (Å²) in [6.07, 6.45) is 1.90. The fourth-order valence-corrected chi connectivity index (χ4v) is 3.89. The summed E-state index contributed by atoms with van der Waals surface area (Å²) in [5, 5.41) is 11.4. The first-order valence-electron chi connectivity index (χ1n) is 9.01. The number of nitrogens with one attached hydrogen (secondary N) is 1. The van der Waals surface area contributed by atoms with E-state index in [0.717, 1.165) is 27.2 Å². The maximum absolute atomic E-state index is 13.0. The zero-order chi connectivity index (χ0) is 19.8. The molecule has 0 radical (unpaired) electrons. The fourth-order valence-electron chi connectivity index (χ4n) is 3.50. The van der Waals surface area contributed by atoms with Gasteiger partial charge in [-0.25, -0.2) is 0 Å². The van der Waals surface area contributed by atoms with Crippen LogP contribution in [0.15, 0.2) is 59.2 Å². The number of aryl methyl sites for hydroxylation is 1. The van der Waals surface area contributed by atoms with Gasteiger partial charge in [0.05, 0.1) is 11.6 Å². The number of aromatic nitrogens is 4. The number of halogens is 1. The third kappa shape index (κ3) is 3.22. The lowest BCUT2D eigenvalue weighted by Crippen LogP contribution is -2.28. The van der Waals surface area contributed by atoms with Crippen molar-refractivity contribution in [3.05, 3.63) is 82.0 Å². The second-order valence-corrected chi connectivity index (χ2v) is 7.70. The molecule has 0 fully saturated rings. The van der Waals surface area contributed by atoms with Crippen molar-refractivity contribution in [2.45, 2.75) is 26.8 Å². The fraction of sp³-hybridized carbons (Fsp3) is 0.190. The van der Waals surface area contributed by atoms with Crippen molar-refractivity contribution in [3.8, 4) is 5.69 Å². The number of carbonyl (C=O) groups excluding carboxylic acids is 1. The molecule has 1 amide bonds. The SMILES string of the molecule is Cc1cc(C(=O)NC(C)c2nnc3ccccn23)c(C)n1-c1cccc(Br)c1. The normalized spacial score (nSPS) is 12.3. The highest BCUT2D eigenvalue weighted by Gasteiger charge is 2.21. The molecule has 0 saturated heterocycles. The van der Waals surface area contributed by atoms with Gasteiger partial charge < -0.3 is 9.88 Å². The number of hydrogen-bond donors (Lipinski definition) is 1. The molecular formula is C21H20BrN5O. The van der Waals surface area contributed by atoms with Gasteiger partial charge in [-0.05, 0) is 57.2 Å². The molecule has 0 saturated carbocycles. The maximum Gasteiger partial charge on any atom is 0.253 e. The van der Waals surface area contributed by atoms with Crippen molar-refractivity contribution in [3.63, 3.8) is 0 Å². The monoisotopic (exact) mass is 437 g/mol. The first-order valence-corrected chi connectivity index (χ1v) is 9.80. The summed E-state index contributed by atoms with van der Waals surface area (Å²) in [4.78, 5) is 13.0. The summed E-state index contributed by atoms with van der Waals surface area (Å²) >= 11 is 3.51. The number of hydrogen-bond acceptors (Lipinski definition) is 3. The average molecular weight is 438 g/mol. The highest BCUT2D eigenvalue weighted by Crippen LogP contribution is 2.24. The second kappa shape index (κ2) is 7.24. The first-order chi connectivity index (χ1) is 13.5. The second-order valence-electron chi connectivity index (χ2n) is 6.78. The van der Waals surface area contributed by atoms with Crippen molar-refractivity contribution in [1.82, 2.24) is 24.5 Å². The van der Waals surface area contributed by atoms with Crippen molar-refractivity contribution in [1.29, 1.82) is 0 Å². The number of rotatable bonds is 4. The lowest BCUT2D eigenvalue weighted by atomic mass is 10.2. The van der Waals surface area contributed by atoms with Gasteiger partial charge in [0.1, 0.15) is 0 Å². The van der Waals surface area contributed by atoms with E-state index in [0.29, 0.717) is 11.4 Å². The standard InChI is InChI=1S/C21H20BrN5O/c1-13-11-18(15(3)27(13)17-8-6-7-16(22)12-17)21(28)23-14(2)20-25-24-19-9-4-5-10-26(19)20/h4-12,14H,1-3H3,(H,23,28). The lowest BCUT2D eigenvalue weighted by molar-refractivity contribution is 0.0937. The summed E-state index contributed by atoms with van der Waals surface area (Å²) in [6.45, 7) is 5.87. The Bertz CT molecular complexity index is 1180. The van der Waals surface area contributed by atoms with E-state index in [1.165, 1.54) is 0 Å². The quantitative estimate of drug-likeness (QED) is 0.514. The van der Waals surface area contributed by atoms with Gasteiger partial charge in [-0.2, -0.15) is 0 Å². The number of benzene rings is 1. The molecule has 1 aromatic carbocycles. The van der Waals surface area contributed by atoms with E-state index in [9.17, 15) is 4.79 Å². The van der Waals surface area contributed by atoms with E-state index in [2.05, 4.69) is 36.0 Å². The average Bonchev–Trinajstić information content (AvgIpc) is 3.22. The lowest BCUT2D eigenvalue weighted by Gasteiger charge is -2.13. The summed E-state index contributed by atoms with van der Waals surface area (Å²) in [5.74, 6) is 0.569. The highest BCUT2D eigenvalue weighted by molar-refractivity contribution is 9.10. The van der Waals surface area contributed by atoms with Crippen LogP contribution in [0.3, 0.4) is 0 Å². The highest BCUT2D eigenvalue weighted by atomic mass is 79.9. The zero-order valence-corrected chi connectivity index (χ0v) is 17.4. The molecule has 1 atom stereocenters. The number of amides is 1. The minimum Gasteiger partial charge on any atom is -0.342 e. The van der Waals surface area contributed by atoms with Crippen LogP contribution in [-0.2, 0) is 0 Å². The maximum atomic E-state index is 13.0. The summed E-state index contributed by atoms with van der Waals surface area (Å²) in [6, 6.07) is 15.4. The molecule has 4 aromatic rings. The van der Waals surface area contributed by atoms with Gasteiger partial charge >= 0.3 is 0 Å². The molecule has 142 valence electrons. The minimum absolute atomic E-state index is 0.130. The Hall–Kier alpha value is -2.93. The van der Waals surface area contributed by atoms with Gasteiger partial charge in [0.15, 0.2) is 11.5 Å². The third-order valence-corrected chi connectivity index (χ3v) is 5.31. The van der Waals surface area contributed by atoms with Crippen molar-refractivity contribution >= 4 is 27.5 Å². The Balaban J connectivity index is 1.63. The molecule has 1 unspecified atom stereocenters. The Morgan fingerprint density at radius 3 is 2.71 bits per heavy atom. The van der Waals surface area contributed by atoms with Gasteiger partial charge in [0.2, 0.25) is 0 Å². The molecule has 7 heteroatoms. The van der Waals surface area contributed by atoms with Crippen LogP contribution in [0.4, 0.5) is 0 Å². The first kappa shape index (κ1) is 18.4. The molecule has 1 N–H and O–H groups in total. The summed E-state index contributed by atoms with van der Waals surface area (Å²) in [7, 11) is 0. The van der Waals surface area contributed by atoms with Crippen LogP contribution in [-0.4, -0.2) is 25.1 Å². The van der Waals surface area contributed by atoms with Crippen LogP contribution in [0, 0.1) is 13.8 Å². The Labute approximate surface area is 171 Å². The molecule has 28 heavy (non-hydrogen) atoms. The Morgan fingerprint density at radius 1 is 1.11 bits per heavy atom. The molecule has 0 aliphatic carbocycles. The summed E-state index contributed by atoms with van der Waals surface area (Å²) < 4.78 is 4.96. The molecule has 6 nitrogen and oxygen atoms in total. The van der Waals surface area contributed by atoms with E-state index in [1.807, 2.05) is 79.9 Å². The molecule has 3 aromatic heterocycles. The molecule has 3 heterocycles. The van der Waals surface area contributed by atoms with E-state index in [-0.39, 0.29) is 11.9 Å². The van der Waals surface area contributed by atoms with Crippen LogP contribution >= 0.6 is 15.9 Å². The largest absolute Gasteiger partial charge is 0.342 e. The van der Waals surface area contributed by atoms with E-state index >= 15 is 0 Å². The smallest absolute Gasteiger partial charge is 0.253 e. The van der Waals surface area contributed by atoms with Gasteiger partial charge in [0, 0.05) is 27.7 Å². The number of carbonyl (C=O) groups is 1. The Morgan fingerprint density at radius 2 is 1.93 bits per heavy atom. The number of fused-ring (bicyclic) bond motifs is 1. The van der Waals surface area contributed by atoms with E-state index in [1.54, 1.807) is 0 Å². The third-order valence-electron chi connectivity index (χ3n) is 4.82. The number of nitrogens with zero attached hydrogens (tertiary/aromatic N) is 4. The van der Waals surface area contributed by atoms with Crippen LogP contribution in [0.1, 0.15) is 40.5 Å². The predicted molar refractivity (Wildman–Crippen MR) is 112 cm³/mol. The molecular weight excluding hydrogens is 418 g/mol. The van der Waals surface area contributed by atoms with Gasteiger partial charge in [0.25, 0.3) is 5.91 Å². The molecule has 4 rings (SSSR count). The van der Waals surface area contributed by atoms with Gasteiger partial charge in [-0.1, -0.05) is 28.1 Å². The van der Waals surface area contributed by atoms with Crippen molar-refractivity contribution in [2.24, 2.45) is 0 Å². The van der Waals surface area contributed by atoms with Crippen molar-refractivity contribution < 1.29 is 4.79 Å². The van der Waals surface area contributed by atoms with Crippen LogP contribution < -0.4 is 5.32 Å². The summed E-state index contributed by atoms with van der Waals surface area (Å²) in [5.41, 5.74) is 4.32.